The molecule has 0 aromatic heterocycles. The zero-order chi connectivity index (χ0) is 14.8. The molecule has 1 amide bonds. The fraction of sp³-hybridized carbons (Fsp3) is 0.500. The number of carboxylic acids is 1. The number of fused-ring (bicyclic) bond motifs is 1. The van der Waals surface area contributed by atoms with Gasteiger partial charge in [0, 0.05) is 13.1 Å². The van der Waals surface area contributed by atoms with E-state index in [2.05, 4.69) is 11.4 Å². The third-order valence-electron chi connectivity index (χ3n) is 4.45. The second kappa shape index (κ2) is 5.85. The molecule has 112 valence electrons. The van der Waals surface area contributed by atoms with Gasteiger partial charge in [-0.3, -0.25) is 4.79 Å². The second-order valence-electron chi connectivity index (χ2n) is 5.79. The number of nitrogens with one attached hydrogen (secondary N) is 1. The molecule has 21 heavy (non-hydrogen) atoms. The number of carbonyl (C=O) groups excluding carboxylic acids is 1. The van der Waals surface area contributed by atoms with Crippen LogP contribution in [0.25, 0.3) is 0 Å². The van der Waals surface area contributed by atoms with Gasteiger partial charge in [-0.05, 0) is 36.8 Å². The van der Waals surface area contributed by atoms with Gasteiger partial charge in [-0.1, -0.05) is 24.3 Å². The van der Waals surface area contributed by atoms with Gasteiger partial charge in [-0.25, -0.2) is 4.79 Å². The lowest BCUT2D eigenvalue weighted by Gasteiger charge is -2.37. The van der Waals surface area contributed by atoms with Crippen LogP contribution >= 0.6 is 0 Å². The van der Waals surface area contributed by atoms with Crippen LogP contribution in [-0.2, 0) is 22.6 Å². The van der Waals surface area contributed by atoms with Crippen molar-refractivity contribution in [3.05, 3.63) is 35.4 Å². The minimum Gasteiger partial charge on any atom is -0.480 e. The predicted octanol–water partition coefficient (Wildman–Crippen LogP) is 1.17. The Hall–Kier alpha value is -1.88. The first-order chi connectivity index (χ1) is 10.2. The minimum absolute atomic E-state index is 0.0726. The van der Waals surface area contributed by atoms with E-state index in [0.717, 1.165) is 12.8 Å². The van der Waals surface area contributed by atoms with Gasteiger partial charge in [-0.2, -0.15) is 0 Å². The zero-order valence-electron chi connectivity index (χ0n) is 11.9. The number of amides is 1. The highest BCUT2D eigenvalue weighted by Gasteiger charge is 2.36. The highest BCUT2D eigenvalue weighted by Crippen LogP contribution is 2.22. The van der Waals surface area contributed by atoms with Crippen LogP contribution in [-0.4, -0.2) is 40.5 Å². The number of likely N-dealkylation sites (tertiary alicyclic amines) is 1. The van der Waals surface area contributed by atoms with E-state index in [1.54, 1.807) is 4.90 Å². The predicted molar refractivity (Wildman–Crippen MR) is 77.8 cm³/mol. The van der Waals surface area contributed by atoms with Gasteiger partial charge >= 0.3 is 5.97 Å². The van der Waals surface area contributed by atoms with Crippen LogP contribution in [0.15, 0.2) is 24.3 Å². The Morgan fingerprint density at radius 1 is 1.19 bits per heavy atom. The van der Waals surface area contributed by atoms with E-state index >= 15 is 0 Å². The summed E-state index contributed by atoms with van der Waals surface area (Å²) in [5.41, 5.74) is 2.40. The number of benzene rings is 1. The van der Waals surface area contributed by atoms with Crippen LogP contribution in [0, 0.1) is 0 Å². The average molecular weight is 288 g/mol. The molecule has 0 spiro atoms. The Labute approximate surface area is 123 Å². The van der Waals surface area contributed by atoms with Crippen LogP contribution in [0.5, 0.6) is 0 Å². The van der Waals surface area contributed by atoms with Crippen molar-refractivity contribution < 1.29 is 14.7 Å². The Bertz CT molecular complexity index is 558. The van der Waals surface area contributed by atoms with Crippen molar-refractivity contribution in [2.45, 2.75) is 44.3 Å². The highest BCUT2D eigenvalue weighted by molar-refractivity contribution is 5.87. The summed E-state index contributed by atoms with van der Waals surface area (Å²) < 4.78 is 0. The van der Waals surface area contributed by atoms with Gasteiger partial charge < -0.3 is 15.3 Å². The summed E-state index contributed by atoms with van der Waals surface area (Å²) in [5.74, 6) is -0.962. The first-order valence-corrected chi connectivity index (χ1v) is 7.50. The molecule has 1 saturated heterocycles. The van der Waals surface area contributed by atoms with Crippen molar-refractivity contribution in [3.8, 4) is 0 Å². The van der Waals surface area contributed by atoms with Crippen LogP contribution in [0.2, 0.25) is 0 Å². The SMILES string of the molecule is O=C(O)[C@@H]1CCCCN1C(=O)[C@@H]1Cc2ccccc2CN1. The van der Waals surface area contributed by atoms with Crippen molar-refractivity contribution in [2.24, 2.45) is 0 Å². The first-order valence-electron chi connectivity index (χ1n) is 7.50. The molecule has 2 N–H and O–H groups in total. The number of aliphatic carboxylic acids is 1. The number of carboxylic acid groups (broad SMARTS) is 1. The molecule has 1 aromatic rings. The van der Waals surface area contributed by atoms with Crippen molar-refractivity contribution in [1.82, 2.24) is 10.2 Å². The molecule has 0 unspecified atom stereocenters. The molecule has 2 atom stereocenters. The maximum absolute atomic E-state index is 12.7. The molecule has 3 rings (SSSR count). The maximum Gasteiger partial charge on any atom is 0.326 e. The summed E-state index contributed by atoms with van der Waals surface area (Å²) in [6, 6.07) is 7.11. The molecule has 2 heterocycles. The number of hydrogen-bond donors (Lipinski definition) is 2. The van der Waals surface area contributed by atoms with Crippen molar-refractivity contribution >= 4 is 11.9 Å². The van der Waals surface area contributed by atoms with Crippen LogP contribution in [0.4, 0.5) is 0 Å². The van der Waals surface area contributed by atoms with Gasteiger partial charge in [0.2, 0.25) is 5.91 Å². The van der Waals surface area contributed by atoms with Gasteiger partial charge in [0.25, 0.3) is 0 Å². The summed E-state index contributed by atoms with van der Waals surface area (Å²) in [7, 11) is 0. The topological polar surface area (TPSA) is 69.6 Å². The van der Waals surface area contributed by atoms with E-state index in [1.165, 1.54) is 11.1 Å². The van der Waals surface area contributed by atoms with Crippen LogP contribution in [0.3, 0.4) is 0 Å². The highest BCUT2D eigenvalue weighted by atomic mass is 16.4. The monoisotopic (exact) mass is 288 g/mol. The molecule has 2 aliphatic rings. The first kappa shape index (κ1) is 14.1. The third kappa shape index (κ3) is 2.78. The number of hydrogen-bond acceptors (Lipinski definition) is 3. The smallest absolute Gasteiger partial charge is 0.326 e. The van der Waals surface area contributed by atoms with E-state index in [-0.39, 0.29) is 11.9 Å². The molecule has 0 bridgehead atoms. The van der Waals surface area contributed by atoms with Gasteiger partial charge in [0.05, 0.1) is 6.04 Å². The quantitative estimate of drug-likeness (QED) is 0.857. The zero-order valence-corrected chi connectivity index (χ0v) is 11.9. The summed E-state index contributed by atoms with van der Waals surface area (Å²) >= 11 is 0. The minimum atomic E-state index is -0.890. The molecule has 2 aliphatic heterocycles. The van der Waals surface area contributed by atoms with Crippen molar-refractivity contribution in [2.75, 3.05) is 6.54 Å². The lowest BCUT2D eigenvalue weighted by molar-refractivity contribution is -0.153. The molecular weight excluding hydrogens is 268 g/mol. The van der Waals surface area contributed by atoms with Gasteiger partial charge in [-0.15, -0.1) is 0 Å². The average Bonchev–Trinajstić information content (AvgIpc) is 2.53. The fourth-order valence-electron chi connectivity index (χ4n) is 3.28. The number of rotatable bonds is 2. The van der Waals surface area contributed by atoms with Crippen LogP contribution < -0.4 is 5.32 Å². The fourth-order valence-corrected chi connectivity index (χ4v) is 3.28. The summed E-state index contributed by atoms with van der Waals surface area (Å²) in [6.07, 6.45) is 2.96. The van der Waals surface area contributed by atoms with E-state index < -0.39 is 12.0 Å². The molecular formula is C16H20N2O3. The number of carbonyl (C=O) groups is 2. The standard InChI is InChI=1S/C16H20N2O3/c19-15(18-8-4-3-7-14(18)16(20)21)13-9-11-5-1-2-6-12(11)10-17-13/h1-2,5-6,13-14,17H,3-4,7-10H2,(H,20,21)/t13-,14-/m0/s1. The summed E-state index contributed by atoms with van der Waals surface area (Å²) in [4.78, 5) is 25.6. The van der Waals surface area contributed by atoms with Crippen LogP contribution in [0.1, 0.15) is 30.4 Å². The molecule has 0 radical (unpaired) electrons. The van der Waals surface area contributed by atoms with Gasteiger partial charge in [0.1, 0.15) is 6.04 Å². The number of piperidine rings is 1. The molecule has 1 fully saturated rings. The number of nitrogens with zero attached hydrogens (tertiary/aromatic N) is 1. The molecule has 0 aliphatic carbocycles. The molecule has 5 nitrogen and oxygen atoms in total. The van der Waals surface area contributed by atoms with Gasteiger partial charge in [0.15, 0.2) is 0 Å². The maximum atomic E-state index is 12.7. The Kier molecular flexibility index (Phi) is 3.92. The Balaban J connectivity index is 1.75. The molecule has 5 heteroatoms. The van der Waals surface area contributed by atoms with E-state index in [0.29, 0.717) is 25.9 Å². The molecule has 0 saturated carbocycles. The normalized spacial score (nSPS) is 25.2. The molecule has 1 aromatic carbocycles. The summed E-state index contributed by atoms with van der Waals surface area (Å²) in [6.45, 7) is 1.22. The van der Waals surface area contributed by atoms with E-state index in [4.69, 9.17) is 0 Å². The lowest BCUT2D eigenvalue weighted by Crippen LogP contribution is -2.56. The van der Waals surface area contributed by atoms with E-state index in [1.807, 2.05) is 18.2 Å². The third-order valence-corrected chi connectivity index (χ3v) is 4.45. The Morgan fingerprint density at radius 2 is 1.95 bits per heavy atom. The van der Waals surface area contributed by atoms with Crippen molar-refractivity contribution in [1.29, 1.82) is 0 Å². The Morgan fingerprint density at radius 3 is 2.71 bits per heavy atom. The van der Waals surface area contributed by atoms with Crippen molar-refractivity contribution in [3.63, 3.8) is 0 Å². The van der Waals surface area contributed by atoms with E-state index in [9.17, 15) is 14.7 Å². The largest absolute Gasteiger partial charge is 0.480 e. The second-order valence-corrected chi connectivity index (χ2v) is 5.79. The summed E-state index contributed by atoms with van der Waals surface area (Å²) in [5, 5.41) is 12.5. The lowest BCUT2D eigenvalue weighted by atomic mass is 9.93.